The van der Waals surface area contributed by atoms with E-state index in [1.807, 2.05) is 30.3 Å². The van der Waals surface area contributed by atoms with Crippen LogP contribution in [0.4, 0.5) is 5.69 Å². The van der Waals surface area contributed by atoms with Crippen molar-refractivity contribution in [3.63, 3.8) is 0 Å². The first-order valence-corrected chi connectivity index (χ1v) is 10.9. The molecule has 1 aliphatic heterocycles. The van der Waals surface area contributed by atoms with Crippen LogP contribution in [0.25, 0.3) is 11.6 Å². The third-order valence-electron chi connectivity index (χ3n) is 5.85. The Kier molecular flexibility index (Phi) is 5.83. The average Bonchev–Trinajstić information content (AvgIpc) is 2.91. The maximum Gasteiger partial charge on any atom is 0.282 e. The van der Waals surface area contributed by atoms with Gasteiger partial charge in [0.2, 0.25) is 0 Å². The predicted octanol–water partition coefficient (Wildman–Crippen LogP) is 6.56. The van der Waals surface area contributed by atoms with E-state index in [4.69, 9.17) is 4.84 Å². The Balaban J connectivity index is 2.24. The number of nitrogens with zero attached hydrogens (tertiary/aromatic N) is 1. The smallest absolute Gasteiger partial charge is 0.282 e. The number of carbonyl (C=O) groups is 1. The zero-order chi connectivity index (χ0) is 23.3. The standard InChI is InChI=1S/C27H35NO3/c1-16(2)18-10-11-19-20(25(30)28(31-9)23(19)15-18)12-17-13-21(26(3,4)5)24(29)22(14-17)27(6,7)8/h10-16,29H,1-9H3. The van der Waals surface area contributed by atoms with Gasteiger partial charge in [-0.1, -0.05) is 67.5 Å². The van der Waals surface area contributed by atoms with Gasteiger partial charge in [0.25, 0.3) is 5.91 Å². The molecule has 0 unspecified atom stereocenters. The second-order valence-corrected chi connectivity index (χ2v) is 10.7. The normalized spacial score (nSPS) is 15.9. The van der Waals surface area contributed by atoms with Gasteiger partial charge in [0.1, 0.15) is 5.75 Å². The molecule has 0 atom stereocenters. The SMILES string of the molecule is CON1C(=O)C(=Cc2cc(C(C)(C)C)c(O)c(C(C)(C)C)c2)c2ccc(C(C)C)cc21. The van der Waals surface area contributed by atoms with Crippen molar-refractivity contribution in [3.05, 3.63) is 58.1 Å². The minimum atomic E-state index is -0.235. The maximum absolute atomic E-state index is 13.2. The van der Waals surface area contributed by atoms with Crippen LogP contribution in [0, 0.1) is 0 Å². The lowest BCUT2D eigenvalue weighted by atomic mass is 9.78. The topological polar surface area (TPSA) is 49.8 Å². The summed E-state index contributed by atoms with van der Waals surface area (Å²) in [6.45, 7) is 16.8. The van der Waals surface area contributed by atoms with E-state index < -0.39 is 0 Å². The lowest BCUT2D eigenvalue weighted by Gasteiger charge is -2.28. The fraction of sp³-hybridized carbons (Fsp3) is 0.444. The number of hydrogen-bond acceptors (Lipinski definition) is 3. The van der Waals surface area contributed by atoms with Gasteiger partial charge >= 0.3 is 0 Å². The number of aromatic hydroxyl groups is 1. The van der Waals surface area contributed by atoms with Gasteiger partial charge in [-0.25, -0.2) is 0 Å². The first-order valence-electron chi connectivity index (χ1n) is 10.9. The molecule has 3 rings (SSSR count). The predicted molar refractivity (Wildman–Crippen MR) is 128 cm³/mol. The molecular weight excluding hydrogens is 386 g/mol. The second kappa shape index (κ2) is 7.83. The van der Waals surface area contributed by atoms with Crippen molar-refractivity contribution in [1.82, 2.24) is 0 Å². The largest absolute Gasteiger partial charge is 0.507 e. The first kappa shape index (κ1) is 23.1. The highest BCUT2D eigenvalue weighted by Gasteiger charge is 2.34. The summed E-state index contributed by atoms with van der Waals surface area (Å²) in [5, 5.41) is 12.4. The van der Waals surface area contributed by atoms with Gasteiger partial charge in [-0.15, -0.1) is 0 Å². The fourth-order valence-electron chi connectivity index (χ4n) is 4.01. The van der Waals surface area contributed by atoms with Crippen molar-refractivity contribution >= 4 is 23.2 Å². The van der Waals surface area contributed by atoms with Crippen LogP contribution in [0.15, 0.2) is 30.3 Å². The molecule has 1 N–H and O–H groups in total. The highest BCUT2D eigenvalue weighted by atomic mass is 16.7. The van der Waals surface area contributed by atoms with Crippen molar-refractivity contribution in [3.8, 4) is 5.75 Å². The zero-order valence-electron chi connectivity index (χ0n) is 20.3. The van der Waals surface area contributed by atoms with E-state index in [-0.39, 0.29) is 16.7 Å². The van der Waals surface area contributed by atoms with E-state index in [1.54, 1.807) is 0 Å². The van der Waals surface area contributed by atoms with Gasteiger partial charge in [0, 0.05) is 16.7 Å². The molecule has 0 radical (unpaired) electrons. The van der Waals surface area contributed by atoms with Crippen molar-refractivity contribution in [1.29, 1.82) is 0 Å². The monoisotopic (exact) mass is 421 g/mol. The molecule has 0 saturated carbocycles. The zero-order valence-corrected chi connectivity index (χ0v) is 20.3. The molecule has 31 heavy (non-hydrogen) atoms. The molecular formula is C27H35NO3. The quantitative estimate of drug-likeness (QED) is 0.571. The third kappa shape index (κ3) is 4.27. The number of hydrogen-bond donors (Lipinski definition) is 1. The fourth-order valence-corrected chi connectivity index (χ4v) is 4.01. The number of fused-ring (bicyclic) bond motifs is 1. The van der Waals surface area contributed by atoms with E-state index in [0.29, 0.717) is 17.2 Å². The Morgan fingerprint density at radius 3 is 1.97 bits per heavy atom. The molecule has 0 saturated heterocycles. The van der Waals surface area contributed by atoms with Crippen LogP contribution in [0.2, 0.25) is 0 Å². The van der Waals surface area contributed by atoms with E-state index in [9.17, 15) is 9.90 Å². The molecule has 1 amide bonds. The van der Waals surface area contributed by atoms with Crippen molar-refractivity contribution in [2.75, 3.05) is 12.2 Å². The minimum absolute atomic E-state index is 0.180. The molecule has 0 spiro atoms. The van der Waals surface area contributed by atoms with E-state index in [2.05, 4.69) is 61.5 Å². The molecule has 0 fully saturated rings. The van der Waals surface area contributed by atoms with E-state index >= 15 is 0 Å². The summed E-state index contributed by atoms with van der Waals surface area (Å²) in [5.74, 6) is 0.509. The highest BCUT2D eigenvalue weighted by Crippen LogP contribution is 2.43. The van der Waals surface area contributed by atoms with Gasteiger partial charge in [0.15, 0.2) is 0 Å². The van der Waals surface area contributed by atoms with Gasteiger partial charge in [-0.2, -0.15) is 5.06 Å². The minimum Gasteiger partial charge on any atom is -0.507 e. The van der Waals surface area contributed by atoms with Crippen LogP contribution >= 0.6 is 0 Å². The lowest BCUT2D eigenvalue weighted by Crippen LogP contribution is -2.24. The molecule has 2 aromatic rings. The van der Waals surface area contributed by atoms with Crippen LogP contribution < -0.4 is 5.06 Å². The van der Waals surface area contributed by atoms with Crippen molar-refractivity contribution in [2.45, 2.75) is 72.1 Å². The van der Waals surface area contributed by atoms with Crippen LogP contribution in [0.5, 0.6) is 5.75 Å². The molecule has 2 aromatic carbocycles. The Bertz CT molecular complexity index is 1010. The number of benzene rings is 2. The van der Waals surface area contributed by atoms with Gasteiger partial charge < -0.3 is 5.11 Å². The Hall–Kier alpha value is -2.59. The van der Waals surface area contributed by atoms with Crippen molar-refractivity contribution in [2.24, 2.45) is 0 Å². The van der Waals surface area contributed by atoms with Crippen LogP contribution in [0.1, 0.15) is 89.1 Å². The second-order valence-electron chi connectivity index (χ2n) is 10.7. The van der Waals surface area contributed by atoms with Crippen LogP contribution in [-0.2, 0) is 20.5 Å². The number of amides is 1. The Labute approximate surface area is 186 Å². The van der Waals surface area contributed by atoms with Crippen LogP contribution in [-0.4, -0.2) is 18.1 Å². The summed E-state index contributed by atoms with van der Waals surface area (Å²) in [7, 11) is 1.52. The number of anilines is 1. The van der Waals surface area contributed by atoms with Crippen LogP contribution in [0.3, 0.4) is 0 Å². The van der Waals surface area contributed by atoms with E-state index in [0.717, 1.165) is 33.5 Å². The first-order chi connectivity index (χ1) is 14.3. The third-order valence-corrected chi connectivity index (χ3v) is 5.85. The average molecular weight is 422 g/mol. The summed E-state index contributed by atoms with van der Waals surface area (Å²) >= 11 is 0. The Morgan fingerprint density at radius 2 is 1.52 bits per heavy atom. The summed E-state index contributed by atoms with van der Waals surface area (Å²) in [6.07, 6.45) is 1.92. The molecule has 0 aromatic heterocycles. The molecule has 0 bridgehead atoms. The maximum atomic E-state index is 13.2. The molecule has 4 nitrogen and oxygen atoms in total. The number of phenols is 1. The summed E-state index contributed by atoms with van der Waals surface area (Å²) in [5.41, 5.74) is 5.55. The molecule has 1 aliphatic rings. The number of hydroxylamine groups is 1. The number of carbonyl (C=O) groups excluding carboxylic acids is 1. The summed E-state index contributed by atoms with van der Waals surface area (Å²) < 4.78 is 0. The number of rotatable bonds is 3. The van der Waals surface area contributed by atoms with Crippen molar-refractivity contribution < 1.29 is 14.7 Å². The Morgan fingerprint density at radius 1 is 0.968 bits per heavy atom. The summed E-state index contributed by atoms with van der Waals surface area (Å²) in [4.78, 5) is 18.6. The molecule has 166 valence electrons. The van der Waals surface area contributed by atoms with Gasteiger partial charge in [-0.3, -0.25) is 9.63 Å². The van der Waals surface area contributed by atoms with Gasteiger partial charge in [-0.05, 0) is 52.1 Å². The van der Waals surface area contributed by atoms with Gasteiger partial charge in [0.05, 0.1) is 18.4 Å². The lowest BCUT2D eigenvalue weighted by molar-refractivity contribution is -0.118. The highest BCUT2D eigenvalue weighted by molar-refractivity contribution is 6.35. The molecule has 4 heteroatoms. The number of phenolic OH excluding ortho intramolecular Hbond substituents is 1. The molecule has 1 heterocycles. The van der Waals surface area contributed by atoms with E-state index in [1.165, 1.54) is 12.2 Å². The molecule has 0 aliphatic carbocycles. The summed E-state index contributed by atoms with van der Waals surface area (Å²) in [6, 6.07) is 10.1.